The van der Waals surface area contributed by atoms with Crippen molar-refractivity contribution >= 4 is 23.4 Å². The molecule has 0 bridgehead atoms. The summed E-state index contributed by atoms with van der Waals surface area (Å²) in [5.41, 5.74) is 1.54. The summed E-state index contributed by atoms with van der Waals surface area (Å²) < 4.78 is 0.547. The van der Waals surface area contributed by atoms with Crippen LogP contribution in [-0.2, 0) is 22.4 Å². The molecule has 11 heavy (non-hydrogen) atoms. The molecule has 0 fully saturated rings. The van der Waals surface area contributed by atoms with Gasteiger partial charge in [-0.1, -0.05) is 12.2 Å². The molecular formula is C5H4AuN4S. The van der Waals surface area contributed by atoms with E-state index in [0.29, 0.717) is 4.64 Å². The van der Waals surface area contributed by atoms with E-state index in [1.807, 2.05) is 0 Å². The van der Waals surface area contributed by atoms with Crippen molar-refractivity contribution in [2.45, 2.75) is 0 Å². The average molecular weight is 349 g/mol. The first-order chi connectivity index (χ1) is 4.88. The molecule has 2 N–H and O–H groups in total. The summed E-state index contributed by atoms with van der Waals surface area (Å²) in [7, 11) is 0. The van der Waals surface area contributed by atoms with Crippen molar-refractivity contribution in [1.82, 2.24) is 19.9 Å². The van der Waals surface area contributed by atoms with Gasteiger partial charge in [-0.05, 0) is 0 Å². The Morgan fingerprint density at radius 3 is 2.64 bits per heavy atom. The molecular weight excluding hydrogens is 345 g/mol. The van der Waals surface area contributed by atoms with E-state index in [-0.39, 0.29) is 22.4 Å². The topological polar surface area (TPSA) is 57.4 Å². The van der Waals surface area contributed by atoms with Crippen molar-refractivity contribution in [1.29, 1.82) is 0 Å². The van der Waals surface area contributed by atoms with E-state index in [1.165, 1.54) is 6.33 Å². The Bertz CT molecular complexity index is 406. The van der Waals surface area contributed by atoms with Gasteiger partial charge in [0.05, 0.1) is 12.7 Å². The average Bonchev–Trinajstić information content (AvgIpc) is 2.36. The van der Waals surface area contributed by atoms with Gasteiger partial charge >= 0.3 is 0 Å². The zero-order chi connectivity index (χ0) is 6.97. The molecule has 0 aliphatic heterocycles. The van der Waals surface area contributed by atoms with E-state index in [9.17, 15) is 0 Å². The second kappa shape index (κ2) is 3.27. The summed E-state index contributed by atoms with van der Waals surface area (Å²) in [6.07, 6.45) is 3.12. The van der Waals surface area contributed by atoms with E-state index in [4.69, 9.17) is 12.2 Å². The molecule has 0 aliphatic rings. The summed E-state index contributed by atoms with van der Waals surface area (Å²) in [5.74, 6) is 0. The van der Waals surface area contributed by atoms with Crippen LogP contribution in [0.4, 0.5) is 0 Å². The normalized spacial score (nSPS) is 9.45. The van der Waals surface area contributed by atoms with Crippen molar-refractivity contribution < 1.29 is 22.4 Å². The number of hydrogen-bond donors (Lipinski definition) is 2. The van der Waals surface area contributed by atoms with Gasteiger partial charge in [0.15, 0.2) is 10.3 Å². The number of fused-ring (bicyclic) bond motifs is 1. The summed E-state index contributed by atoms with van der Waals surface area (Å²) in [5, 5.41) is 0. The SMILES string of the molecule is S=c1nc[nH]c2nc[nH]c12.[Au]. The Hall–Kier alpha value is -0.490. The number of rotatable bonds is 0. The molecule has 0 unspecified atom stereocenters. The first-order valence-corrected chi connectivity index (χ1v) is 3.15. The van der Waals surface area contributed by atoms with Crippen molar-refractivity contribution in [3.05, 3.63) is 17.3 Å². The van der Waals surface area contributed by atoms with Crippen LogP contribution >= 0.6 is 12.2 Å². The fourth-order valence-electron chi connectivity index (χ4n) is 0.783. The molecule has 2 aromatic heterocycles. The molecule has 2 aromatic rings. The fraction of sp³-hybridized carbons (Fsp3) is 0. The molecule has 0 aliphatic carbocycles. The van der Waals surface area contributed by atoms with Crippen molar-refractivity contribution in [3.63, 3.8) is 0 Å². The molecule has 0 atom stereocenters. The van der Waals surface area contributed by atoms with Crippen molar-refractivity contribution in [2.24, 2.45) is 0 Å². The third-order valence-corrected chi connectivity index (χ3v) is 1.55. The predicted molar refractivity (Wildman–Crippen MR) is 39.1 cm³/mol. The van der Waals surface area contributed by atoms with Crippen LogP contribution in [0.3, 0.4) is 0 Å². The Labute approximate surface area is 83.0 Å². The van der Waals surface area contributed by atoms with E-state index in [0.717, 1.165) is 11.2 Å². The van der Waals surface area contributed by atoms with E-state index < -0.39 is 0 Å². The number of aromatic amines is 2. The molecule has 61 valence electrons. The Morgan fingerprint density at radius 1 is 1.18 bits per heavy atom. The third-order valence-electron chi connectivity index (χ3n) is 1.24. The molecule has 0 spiro atoms. The zero-order valence-corrected chi connectivity index (χ0v) is 8.24. The van der Waals surface area contributed by atoms with Gasteiger partial charge in [-0.2, -0.15) is 0 Å². The molecule has 6 heteroatoms. The van der Waals surface area contributed by atoms with Crippen molar-refractivity contribution in [2.75, 3.05) is 0 Å². The van der Waals surface area contributed by atoms with Crippen LogP contribution in [0.15, 0.2) is 12.7 Å². The van der Waals surface area contributed by atoms with Crippen LogP contribution in [0.25, 0.3) is 11.2 Å². The van der Waals surface area contributed by atoms with Crippen LogP contribution in [0.1, 0.15) is 0 Å². The van der Waals surface area contributed by atoms with Crippen molar-refractivity contribution in [3.8, 4) is 0 Å². The van der Waals surface area contributed by atoms with Gasteiger partial charge < -0.3 is 9.97 Å². The second-order valence-electron chi connectivity index (χ2n) is 1.83. The first-order valence-electron chi connectivity index (χ1n) is 2.75. The summed E-state index contributed by atoms with van der Waals surface area (Å²) >= 11 is 4.91. The number of imidazole rings is 1. The van der Waals surface area contributed by atoms with Gasteiger partial charge in [0.25, 0.3) is 0 Å². The Kier molecular flexibility index (Phi) is 2.56. The number of nitrogens with one attached hydrogen (secondary N) is 2. The molecule has 0 saturated carbocycles. The van der Waals surface area contributed by atoms with Crippen LogP contribution in [-0.4, -0.2) is 19.9 Å². The number of hydrogen-bond acceptors (Lipinski definition) is 3. The standard InChI is InChI=1S/C5H4N4S.Au/c10-5-3-4(7-1-6-3)8-2-9-5;/h1-2H,(H2,6,7,8,9,10);. The maximum atomic E-state index is 4.91. The summed E-state index contributed by atoms with van der Waals surface area (Å²) in [6, 6.07) is 0. The van der Waals surface area contributed by atoms with Gasteiger partial charge in [0.2, 0.25) is 0 Å². The Morgan fingerprint density at radius 2 is 1.91 bits per heavy atom. The van der Waals surface area contributed by atoms with E-state index in [1.54, 1.807) is 6.33 Å². The van der Waals surface area contributed by atoms with Crippen LogP contribution in [0.2, 0.25) is 0 Å². The quantitative estimate of drug-likeness (QED) is 0.552. The summed E-state index contributed by atoms with van der Waals surface area (Å²) in [6.45, 7) is 0. The molecule has 4 nitrogen and oxygen atoms in total. The minimum Gasteiger partial charge on any atom is -0.341 e. The van der Waals surface area contributed by atoms with E-state index in [2.05, 4.69) is 19.9 Å². The van der Waals surface area contributed by atoms with Crippen LogP contribution in [0, 0.1) is 4.64 Å². The smallest absolute Gasteiger partial charge is 0.159 e. The monoisotopic (exact) mass is 349 g/mol. The minimum absolute atomic E-state index is 0. The zero-order valence-electron chi connectivity index (χ0n) is 5.26. The minimum atomic E-state index is 0. The third kappa shape index (κ3) is 1.41. The number of H-pyrrole nitrogens is 2. The van der Waals surface area contributed by atoms with Gasteiger partial charge in [-0.3, -0.25) is 0 Å². The van der Waals surface area contributed by atoms with Crippen LogP contribution < -0.4 is 0 Å². The molecule has 0 aromatic carbocycles. The van der Waals surface area contributed by atoms with Gasteiger partial charge in [0.1, 0.15) is 5.52 Å². The predicted octanol–water partition coefficient (Wildman–Crippen LogP) is 1.01. The van der Waals surface area contributed by atoms with Gasteiger partial charge in [-0.15, -0.1) is 0 Å². The second-order valence-corrected chi connectivity index (χ2v) is 2.22. The summed E-state index contributed by atoms with van der Waals surface area (Å²) in [4.78, 5) is 13.6. The maximum absolute atomic E-state index is 4.91. The van der Waals surface area contributed by atoms with Crippen LogP contribution in [0.5, 0.6) is 0 Å². The number of aromatic nitrogens is 4. The molecule has 0 saturated heterocycles. The molecule has 2 rings (SSSR count). The Balaban J connectivity index is 0.000000605. The molecule has 2 heterocycles. The van der Waals surface area contributed by atoms with E-state index >= 15 is 0 Å². The maximum Gasteiger partial charge on any atom is 0.159 e. The molecule has 0 amide bonds. The number of nitrogens with zero attached hydrogens (tertiary/aromatic N) is 2. The largest absolute Gasteiger partial charge is 0.341 e. The first kappa shape index (κ1) is 8.61. The van der Waals surface area contributed by atoms with Gasteiger partial charge in [0, 0.05) is 22.4 Å². The van der Waals surface area contributed by atoms with Gasteiger partial charge in [-0.25, -0.2) is 9.97 Å². The molecule has 1 radical (unpaired) electrons. The fourth-order valence-corrected chi connectivity index (χ4v) is 0.992.